The first-order valence-corrected chi connectivity index (χ1v) is 12.9. The van der Waals surface area contributed by atoms with Gasteiger partial charge in [0.15, 0.2) is 22.5 Å². The van der Waals surface area contributed by atoms with Crippen LogP contribution in [0.3, 0.4) is 0 Å². The van der Waals surface area contributed by atoms with E-state index >= 15 is 0 Å². The van der Waals surface area contributed by atoms with Crippen molar-refractivity contribution in [2.75, 3.05) is 0 Å². The molecule has 9 heteroatoms. The minimum absolute atomic E-state index is 0.0327. The van der Waals surface area contributed by atoms with Crippen molar-refractivity contribution in [2.24, 2.45) is 0 Å². The molecule has 0 spiro atoms. The molecule has 0 aliphatic heterocycles. The summed E-state index contributed by atoms with van der Waals surface area (Å²) < 4.78 is 56.6. The van der Waals surface area contributed by atoms with Crippen molar-refractivity contribution in [3.8, 4) is 28.6 Å². The summed E-state index contributed by atoms with van der Waals surface area (Å²) in [5.74, 6) is -1.49. The fourth-order valence-electron chi connectivity index (χ4n) is 3.80. The summed E-state index contributed by atoms with van der Waals surface area (Å²) in [6.45, 7) is 1.84. The molecular weight excluding hydrogens is 511 g/mol. The molecule has 0 bridgehead atoms. The number of aromatic hydroxyl groups is 1. The van der Waals surface area contributed by atoms with E-state index in [9.17, 15) is 22.7 Å². The van der Waals surface area contributed by atoms with Gasteiger partial charge in [0.25, 0.3) is 0 Å². The maximum absolute atomic E-state index is 13.4. The van der Waals surface area contributed by atoms with Crippen LogP contribution in [0.4, 0.5) is 4.39 Å². The highest BCUT2D eigenvalue weighted by Crippen LogP contribution is 2.42. The largest absolute Gasteiger partial charge is 0.502 e. The SMILES string of the molecule is Cc1ccc(S(=O)(=O)Oc2cc(OCc3ccccc3)c(O)c3oc(-c4ccc(F)cc4)cc(=O)c23)cc1. The molecule has 38 heavy (non-hydrogen) atoms. The molecule has 0 amide bonds. The quantitative estimate of drug-likeness (QED) is 0.258. The minimum atomic E-state index is -4.36. The Bertz CT molecular complexity index is 1780. The zero-order valence-electron chi connectivity index (χ0n) is 20.1. The van der Waals surface area contributed by atoms with Crippen molar-refractivity contribution in [2.45, 2.75) is 18.4 Å². The summed E-state index contributed by atoms with van der Waals surface area (Å²) in [5.41, 5.74) is 0.990. The van der Waals surface area contributed by atoms with E-state index in [-0.39, 0.29) is 39.7 Å². The van der Waals surface area contributed by atoms with E-state index < -0.39 is 27.1 Å². The van der Waals surface area contributed by atoms with Crippen LogP contribution in [0.1, 0.15) is 11.1 Å². The predicted molar refractivity (Wildman–Crippen MR) is 139 cm³/mol. The number of phenolic OH excluding ortho intramolecular Hbond substituents is 1. The van der Waals surface area contributed by atoms with Crippen molar-refractivity contribution in [1.29, 1.82) is 0 Å². The fourth-order valence-corrected chi connectivity index (χ4v) is 4.74. The monoisotopic (exact) mass is 532 g/mol. The third-order valence-electron chi connectivity index (χ3n) is 5.78. The molecule has 0 saturated heterocycles. The number of hydrogen-bond acceptors (Lipinski definition) is 7. The van der Waals surface area contributed by atoms with Crippen LogP contribution in [0, 0.1) is 12.7 Å². The van der Waals surface area contributed by atoms with Gasteiger partial charge in [-0.1, -0.05) is 48.0 Å². The summed E-state index contributed by atoms with van der Waals surface area (Å²) in [5, 5.41) is 10.7. The van der Waals surface area contributed by atoms with Gasteiger partial charge in [0.05, 0.1) is 0 Å². The minimum Gasteiger partial charge on any atom is -0.502 e. The van der Waals surface area contributed by atoms with Crippen molar-refractivity contribution in [3.05, 3.63) is 118 Å². The highest BCUT2D eigenvalue weighted by molar-refractivity contribution is 7.87. The summed E-state index contributed by atoms with van der Waals surface area (Å²) in [7, 11) is -4.36. The molecule has 192 valence electrons. The van der Waals surface area contributed by atoms with Gasteiger partial charge in [-0.25, -0.2) is 4.39 Å². The van der Waals surface area contributed by atoms with Crippen molar-refractivity contribution < 1.29 is 31.3 Å². The molecule has 0 fully saturated rings. The van der Waals surface area contributed by atoms with Crippen LogP contribution < -0.4 is 14.3 Å². The third kappa shape index (κ3) is 5.09. The van der Waals surface area contributed by atoms with E-state index in [1.54, 1.807) is 12.1 Å². The van der Waals surface area contributed by atoms with Gasteiger partial charge >= 0.3 is 10.1 Å². The molecule has 1 N–H and O–H groups in total. The van der Waals surface area contributed by atoms with E-state index in [1.165, 1.54) is 36.4 Å². The number of benzene rings is 4. The van der Waals surface area contributed by atoms with Crippen LogP contribution in [0.15, 0.2) is 105 Å². The van der Waals surface area contributed by atoms with Crippen LogP contribution in [0.2, 0.25) is 0 Å². The molecule has 7 nitrogen and oxygen atoms in total. The molecule has 1 heterocycles. The topological polar surface area (TPSA) is 103 Å². The molecule has 0 radical (unpaired) electrons. The average Bonchev–Trinajstić information content (AvgIpc) is 2.90. The Morgan fingerprint density at radius 3 is 2.26 bits per heavy atom. The molecule has 5 rings (SSSR count). The Morgan fingerprint density at radius 2 is 1.58 bits per heavy atom. The Morgan fingerprint density at radius 1 is 0.895 bits per heavy atom. The van der Waals surface area contributed by atoms with Crippen LogP contribution in [0.25, 0.3) is 22.3 Å². The predicted octanol–water partition coefficient (Wildman–Crippen LogP) is 5.96. The maximum atomic E-state index is 13.4. The number of halogens is 1. The van der Waals surface area contributed by atoms with Crippen LogP contribution in [-0.2, 0) is 16.7 Å². The molecule has 0 saturated carbocycles. The first-order valence-electron chi connectivity index (χ1n) is 11.5. The first kappa shape index (κ1) is 25.0. The summed E-state index contributed by atoms with van der Waals surface area (Å²) in [6.07, 6.45) is 0. The highest BCUT2D eigenvalue weighted by Gasteiger charge is 2.25. The normalized spacial score (nSPS) is 11.4. The smallest absolute Gasteiger partial charge is 0.339 e. The molecule has 4 aromatic carbocycles. The van der Waals surface area contributed by atoms with Crippen LogP contribution in [-0.4, -0.2) is 13.5 Å². The van der Waals surface area contributed by atoms with Crippen LogP contribution >= 0.6 is 0 Å². The summed E-state index contributed by atoms with van der Waals surface area (Å²) in [6, 6.07) is 22.5. The van der Waals surface area contributed by atoms with Crippen LogP contribution in [0.5, 0.6) is 17.2 Å². The number of ether oxygens (including phenoxy) is 1. The lowest BCUT2D eigenvalue weighted by Crippen LogP contribution is -2.12. The van der Waals surface area contributed by atoms with Gasteiger partial charge in [-0.15, -0.1) is 0 Å². The van der Waals surface area contributed by atoms with Crippen molar-refractivity contribution >= 4 is 21.1 Å². The van der Waals surface area contributed by atoms with E-state index in [2.05, 4.69) is 0 Å². The second kappa shape index (κ2) is 10.0. The molecule has 0 unspecified atom stereocenters. The molecular formula is C29H21FO7S. The van der Waals surface area contributed by atoms with Gasteiger partial charge in [-0.2, -0.15) is 8.42 Å². The van der Waals surface area contributed by atoms with Gasteiger partial charge in [-0.3, -0.25) is 4.79 Å². The summed E-state index contributed by atoms with van der Waals surface area (Å²) >= 11 is 0. The zero-order valence-corrected chi connectivity index (χ0v) is 20.9. The van der Waals surface area contributed by atoms with E-state index in [4.69, 9.17) is 13.3 Å². The number of rotatable bonds is 7. The van der Waals surface area contributed by atoms with Gasteiger partial charge in [0.2, 0.25) is 5.75 Å². The number of aryl methyl sites for hydroxylation is 1. The second-order valence-electron chi connectivity index (χ2n) is 8.53. The molecule has 0 aliphatic carbocycles. The fraction of sp³-hybridized carbons (Fsp3) is 0.0690. The maximum Gasteiger partial charge on any atom is 0.339 e. The highest BCUT2D eigenvalue weighted by atomic mass is 32.2. The van der Waals surface area contributed by atoms with Gasteiger partial charge < -0.3 is 18.4 Å². The van der Waals surface area contributed by atoms with E-state index in [0.29, 0.717) is 5.56 Å². The average molecular weight is 533 g/mol. The van der Waals surface area contributed by atoms with Crippen molar-refractivity contribution in [1.82, 2.24) is 0 Å². The second-order valence-corrected chi connectivity index (χ2v) is 10.1. The lowest BCUT2D eigenvalue weighted by atomic mass is 10.1. The number of hydrogen-bond donors (Lipinski definition) is 1. The molecule has 1 aromatic heterocycles. The third-order valence-corrected chi connectivity index (χ3v) is 7.03. The lowest BCUT2D eigenvalue weighted by molar-refractivity contribution is 0.288. The van der Waals surface area contributed by atoms with Gasteiger partial charge in [0.1, 0.15) is 28.5 Å². The van der Waals surface area contributed by atoms with E-state index in [1.807, 2.05) is 37.3 Å². The Labute approximate surface area is 217 Å². The van der Waals surface area contributed by atoms with Gasteiger partial charge in [0, 0.05) is 17.7 Å². The Kier molecular flexibility index (Phi) is 6.61. The first-order chi connectivity index (χ1) is 18.2. The standard InChI is InChI=1S/C29H21FO7S/c1-18-7-13-22(14-8-18)38(33,34)37-25-16-26(35-17-19-5-3-2-4-6-19)28(32)29-27(25)23(31)15-24(36-29)20-9-11-21(30)12-10-20/h2-16,32H,17H2,1H3. The Balaban J connectivity index is 1.66. The number of phenols is 1. The molecule has 5 aromatic rings. The molecule has 0 aliphatic rings. The zero-order chi connectivity index (χ0) is 26.9. The number of fused-ring (bicyclic) bond motifs is 1. The molecule has 0 atom stereocenters. The van der Waals surface area contributed by atoms with E-state index in [0.717, 1.165) is 23.3 Å². The lowest BCUT2D eigenvalue weighted by Gasteiger charge is -2.15. The Hall–Kier alpha value is -4.63. The van der Waals surface area contributed by atoms with Gasteiger partial charge in [-0.05, 0) is 48.9 Å². The summed E-state index contributed by atoms with van der Waals surface area (Å²) in [4.78, 5) is 13.1. The van der Waals surface area contributed by atoms with Crippen molar-refractivity contribution in [3.63, 3.8) is 0 Å².